The van der Waals surface area contributed by atoms with Crippen molar-refractivity contribution < 1.29 is 19.1 Å². The smallest absolute Gasteiger partial charge is 0.338 e. The SMILES string of the molecule is CCCOc1ccc(/C=C/C(=O)Nc2ccc(C(=O)OCC)cc2)cc1. The summed E-state index contributed by atoms with van der Waals surface area (Å²) in [5, 5.41) is 2.75. The summed E-state index contributed by atoms with van der Waals surface area (Å²) in [6.45, 7) is 4.82. The van der Waals surface area contributed by atoms with Crippen LogP contribution in [-0.4, -0.2) is 25.1 Å². The molecule has 26 heavy (non-hydrogen) atoms. The summed E-state index contributed by atoms with van der Waals surface area (Å²) in [6, 6.07) is 14.1. The van der Waals surface area contributed by atoms with Gasteiger partial charge >= 0.3 is 5.97 Å². The molecule has 5 heteroatoms. The highest BCUT2D eigenvalue weighted by atomic mass is 16.5. The van der Waals surface area contributed by atoms with E-state index in [1.165, 1.54) is 6.08 Å². The molecule has 136 valence electrons. The van der Waals surface area contributed by atoms with E-state index in [9.17, 15) is 9.59 Å². The zero-order valence-corrected chi connectivity index (χ0v) is 15.0. The van der Waals surface area contributed by atoms with Crippen LogP contribution in [0.4, 0.5) is 5.69 Å². The van der Waals surface area contributed by atoms with Crippen molar-refractivity contribution >= 4 is 23.6 Å². The van der Waals surface area contributed by atoms with Gasteiger partial charge in [0, 0.05) is 11.8 Å². The van der Waals surface area contributed by atoms with Crippen LogP contribution < -0.4 is 10.1 Å². The van der Waals surface area contributed by atoms with Crippen LogP contribution in [0, 0.1) is 0 Å². The van der Waals surface area contributed by atoms with Crippen molar-refractivity contribution in [2.45, 2.75) is 20.3 Å². The lowest BCUT2D eigenvalue weighted by molar-refractivity contribution is -0.111. The Kier molecular flexibility index (Phi) is 7.43. The molecule has 0 heterocycles. The fourth-order valence-electron chi connectivity index (χ4n) is 2.15. The molecule has 0 radical (unpaired) electrons. The molecule has 1 amide bonds. The van der Waals surface area contributed by atoms with Crippen molar-refractivity contribution in [3.8, 4) is 5.75 Å². The Hall–Kier alpha value is -3.08. The van der Waals surface area contributed by atoms with Gasteiger partial charge in [-0.05, 0) is 61.4 Å². The van der Waals surface area contributed by atoms with E-state index < -0.39 is 0 Å². The number of carbonyl (C=O) groups is 2. The third-order valence-electron chi connectivity index (χ3n) is 3.44. The molecular weight excluding hydrogens is 330 g/mol. The molecular formula is C21H23NO4. The lowest BCUT2D eigenvalue weighted by Crippen LogP contribution is -2.08. The van der Waals surface area contributed by atoms with Crippen LogP contribution in [0.3, 0.4) is 0 Å². The van der Waals surface area contributed by atoms with Crippen LogP contribution in [0.25, 0.3) is 6.08 Å². The molecule has 0 atom stereocenters. The number of benzene rings is 2. The molecule has 0 unspecified atom stereocenters. The fourth-order valence-corrected chi connectivity index (χ4v) is 2.15. The minimum atomic E-state index is -0.378. The van der Waals surface area contributed by atoms with Crippen molar-refractivity contribution in [3.63, 3.8) is 0 Å². The number of esters is 1. The zero-order chi connectivity index (χ0) is 18.8. The summed E-state index contributed by atoms with van der Waals surface area (Å²) in [4.78, 5) is 23.6. The summed E-state index contributed by atoms with van der Waals surface area (Å²) in [7, 11) is 0. The number of hydrogen-bond acceptors (Lipinski definition) is 4. The van der Waals surface area contributed by atoms with Gasteiger partial charge in [0.1, 0.15) is 5.75 Å². The lowest BCUT2D eigenvalue weighted by Gasteiger charge is -2.05. The third kappa shape index (κ3) is 6.09. The first-order valence-corrected chi connectivity index (χ1v) is 8.61. The number of hydrogen-bond donors (Lipinski definition) is 1. The maximum absolute atomic E-state index is 12.0. The molecule has 0 fully saturated rings. The fraction of sp³-hybridized carbons (Fsp3) is 0.238. The first kappa shape index (κ1) is 19.2. The minimum Gasteiger partial charge on any atom is -0.494 e. The van der Waals surface area contributed by atoms with E-state index in [1.54, 1.807) is 37.3 Å². The first-order chi connectivity index (χ1) is 12.6. The molecule has 0 aliphatic rings. The maximum atomic E-state index is 12.0. The van der Waals surface area contributed by atoms with E-state index in [2.05, 4.69) is 12.2 Å². The van der Waals surface area contributed by atoms with Crippen molar-refractivity contribution in [1.82, 2.24) is 0 Å². The molecule has 2 aromatic carbocycles. The average molecular weight is 353 g/mol. The Labute approximate surface area is 153 Å². The first-order valence-electron chi connectivity index (χ1n) is 8.61. The summed E-state index contributed by atoms with van der Waals surface area (Å²) < 4.78 is 10.4. The highest BCUT2D eigenvalue weighted by Gasteiger charge is 2.06. The molecule has 0 aliphatic carbocycles. The van der Waals surface area contributed by atoms with E-state index >= 15 is 0 Å². The zero-order valence-electron chi connectivity index (χ0n) is 15.0. The van der Waals surface area contributed by atoms with Crippen LogP contribution in [0.2, 0.25) is 0 Å². The molecule has 0 aromatic heterocycles. The largest absolute Gasteiger partial charge is 0.494 e. The Morgan fingerprint density at radius 3 is 2.31 bits per heavy atom. The molecule has 2 aromatic rings. The second kappa shape index (κ2) is 10.0. The average Bonchev–Trinajstić information content (AvgIpc) is 2.66. The van der Waals surface area contributed by atoms with Crippen molar-refractivity contribution in [1.29, 1.82) is 0 Å². The molecule has 0 aliphatic heterocycles. The van der Waals surface area contributed by atoms with Crippen LogP contribution >= 0.6 is 0 Å². The van der Waals surface area contributed by atoms with Crippen LogP contribution in [-0.2, 0) is 9.53 Å². The maximum Gasteiger partial charge on any atom is 0.338 e. The van der Waals surface area contributed by atoms with E-state index in [0.717, 1.165) is 17.7 Å². The van der Waals surface area contributed by atoms with E-state index in [0.29, 0.717) is 24.5 Å². The molecule has 0 spiro atoms. The van der Waals surface area contributed by atoms with E-state index in [-0.39, 0.29) is 11.9 Å². The molecule has 1 N–H and O–H groups in total. The number of carbonyl (C=O) groups excluding carboxylic acids is 2. The topological polar surface area (TPSA) is 64.6 Å². The van der Waals surface area contributed by atoms with Crippen molar-refractivity contribution in [3.05, 3.63) is 65.7 Å². The molecule has 5 nitrogen and oxygen atoms in total. The van der Waals surface area contributed by atoms with Crippen LogP contribution in [0.5, 0.6) is 5.75 Å². The monoisotopic (exact) mass is 353 g/mol. The van der Waals surface area contributed by atoms with Crippen LogP contribution in [0.1, 0.15) is 36.2 Å². The summed E-state index contributed by atoms with van der Waals surface area (Å²) in [5.41, 5.74) is 1.96. The van der Waals surface area contributed by atoms with Gasteiger partial charge in [0.05, 0.1) is 18.8 Å². The summed E-state index contributed by atoms with van der Waals surface area (Å²) in [6.07, 6.45) is 4.15. The molecule has 0 bridgehead atoms. The minimum absolute atomic E-state index is 0.250. The van der Waals surface area contributed by atoms with E-state index in [4.69, 9.17) is 9.47 Å². The lowest BCUT2D eigenvalue weighted by atomic mass is 10.2. The number of amides is 1. The van der Waals surface area contributed by atoms with E-state index in [1.807, 2.05) is 24.3 Å². The Morgan fingerprint density at radius 1 is 1.00 bits per heavy atom. The molecule has 2 rings (SSSR count). The van der Waals surface area contributed by atoms with Crippen molar-refractivity contribution in [2.75, 3.05) is 18.5 Å². The summed E-state index contributed by atoms with van der Waals surface area (Å²) >= 11 is 0. The van der Waals surface area contributed by atoms with Gasteiger partial charge in [-0.1, -0.05) is 19.1 Å². The third-order valence-corrected chi connectivity index (χ3v) is 3.44. The van der Waals surface area contributed by atoms with Gasteiger partial charge in [-0.25, -0.2) is 4.79 Å². The van der Waals surface area contributed by atoms with Gasteiger partial charge in [-0.3, -0.25) is 4.79 Å². The number of ether oxygens (including phenoxy) is 2. The normalized spacial score (nSPS) is 10.5. The van der Waals surface area contributed by atoms with Gasteiger partial charge in [0.25, 0.3) is 0 Å². The molecule has 0 saturated carbocycles. The van der Waals surface area contributed by atoms with Gasteiger partial charge in [0.15, 0.2) is 0 Å². The Bertz CT molecular complexity index is 749. The van der Waals surface area contributed by atoms with Gasteiger partial charge in [0.2, 0.25) is 5.91 Å². The predicted octanol–water partition coefficient (Wildman–Crippen LogP) is 4.30. The second-order valence-electron chi connectivity index (χ2n) is 5.54. The Morgan fingerprint density at radius 2 is 1.69 bits per heavy atom. The second-order valence-corrected chi connectivity index (χ2v) is 5.54. The Balaban J connectivity index is 1.89. The number of rotatable bonds is 8. The molecule has 0 saturated heterocycles. The summed E-state index contributed by atoms with van der Waals surface area (Å²) in [5.74, 6) is 0.187. The van der Waals surface area contributed by atoms with Gasteiger partial charge in [-0.2, -0.15) is 0 Å². The van der Waals surface area contributed by atoms with Gasteiger partial charge in [-0.15, -0.1) is 0 Å². The number of anilines is 1. The number of nitrogens with one attached hydrogen (secondary N) is 1. The predicted molar refractivity (Wildman–Crippen MR) is 102 cm³/mol. The van der Waals surface area contributed by atoms with Crippen molar-refractivity contribution in [2.24, 2.45) is 0 Å². The quantitative estimate of drug-likeness (QED) is 0.567. The van der Waals surface area contributed by atoms with Gasteiger partial charge < -0.3 is 14.8 Å². The highest BCUT2D eigenvalue weighted by Crippen LogP contribution is 2.14. The highest BCUT2D eigenvalue weighted by molar-refractivity contribution is 6.02. The van der Waals surface area contributed by atoms with Crippen LogP contribution in [0.15, 0.2) is 54.6 Å². The standard InChI is InChI=1S/C21H23NO4/c1-3-15-26-19-12-5-16(6-13-19)7-14-20(23)22-18-10-8-17(9-11-18)21(24)25-4-2/h5-14H,3-4,15H2,1-2H3,(H,22,23)/b14-7+.